The molecule has 0 radical (unpaired) electrons. The molecule has 0 aliphatic heterocycles. The maximum atomic E-state index is 5.73. The van der Waals surface area contributed by atoms with Gasteiger partial charge in [-0.25, -0.2) is 0 Å². The van der Waals surface area contributed by atoms with Crippen molar-refractivity contribution in [2.24, 2.45) is 0 Å². The summed E-state index contributed by atoms with van der Waals surface area (Å²) in [7, 11) is 1.73. The second-order valence-corrected chi connectivity index (χ2v) is 5.49. The minimum Gasteiger partial charge on any atom is -0.466 e. The van der Waals surface area contributed by atoms with Crippen molar-refractivity contribution in [1.82, 2.24) is 5.32 Å². The molecule has 1 aromatic heterocycles. The summed E-state index contributed by atoms with van der Waals surface area (Å²) in [5, 5.41) is 3.51. The van der Waals surface area contributed by atoms with Gasteiger partial charge in [0, 0.05) is 7.11 Å². The molecule has 0 amide bonds. The van der Waals surface area contributed by atoms with Crippen molar-refractivity contribution in [1.29, 1.82) is 0 Å². The number of methoxy groups -OCH3 is 1. The SMILES string of the molecule is CCCNC(c1occc1Br)C(OC)c1ccccc1. The predicted molar refractivity (Wildman–Crippen MR) is 83.6 cm³/mol. The van der Waals surface area contributed by atoms with E-state index in [4.69, 9.17) is 9.15 Å². The van der Waals surface area contributed by atoms with Crippen molar-refractivity contribution in [2.45, 2.75) is 25.5 Å². The maximum absolute atomic E-state index is 5.73. The summed E-state index contributed by atoms with van der Waals surface area (Å²) >= 11 is 3.54. The van der Waals surface area contributed by atoms with Crippen LogP contribution in [-0.2, 0) is 4.74 Å². The zero-order valence-corrected chi connectivity index (χ0v) is 13.4. The Labute approximate surface area is 128 Å². The van der Waals surface area contributed by atoms with Gasteiger partial charge in [-0.2, -0.15) is 0 Å². The molecule has 0 bridgehead atoms. The molecule has 4 heteroatoms. The Kier molecular flexibility index (Phi) is 5.83. The Morgan fingerprint density at radius 1 is 1.25 bits per heavy atom. The summed E-state index contributed by atoms with van der Waals surface area (Å²) < 4.78 is 12.3. The van der Waals surface area contributed by atoms with E-state index in [1.54, 1.807) is 13.4 Å². The van der Waals surface area contributed by atoms with Crippen molar-refractivity contribution in [3.05, 3.63) is 58.5 Å². The highest BCUT2D eigenvalue weighted by Crippen LogP contribution is 2.35. The number of hydrogen-bond acceptors (Lipinski definition) is 3. The highest BCUT2D eigenvalue weighted by atomic mass is 79.9. The van der Waals surface area contributed by atoms with Crippen molar-refractivity contribution in [3.63, 3.8) is 0 Å². The summed E-state index contributed by atoms with van der Waals surface area (Å²) in [5.74, 6) is 0.870. The summed E-state index contributed by atoms with van der Waals surface area (Å²) in [6.07, 6.45) is 2.66. The van der Waals surface area contributed by atoms with Crippen LogP contribution in [0, 0.1) is 0 Å². The quantitative estimate of drug-likeness (QED) is 0.809. The summed E-state index contributed by atoms with van der Waals surface area (Å²) in [6.45, 7) is 3.05. The number of hydrogen-bond donors (Lipinski definition) is 1. The first-order valence-corrected chi connectivity index (χ1v) is 7.61. The summed E-state index contributed by atoms with van der Waals surface area (Å²) in [6, 6.07) is 12.1. The third-order valence-electron chi connectivity index (χ3n) is 3.23. The number of rotatable bonds is 7. The van der Waals surface area contributed by atoms with Gasteiger partial charge in [0.1, 0.15) is 11.9 Å². The minimum absolute atomic E-state index is 0.0216. The van der Waals surface area contributed by atoms with Crippen molar-refractivity contribution >= 4 is 15.9 Å². The zero-order valence-electron chi connectivity index (χ0n) is 11.8. The van der Waals surface area contributed by atoms with Crippen molar-refractivity contribution in [2.75, 3.05) is 13.7 Å². The van der Waals surface area contributed by atoms with Crippen LogP contribution in [0.4, 0.5) is 0 Å². The number of furan rings is 1. The molecular weight excluding hydrogens is 318 g/mol. The highest BCUT2D eigenvalue weighted by molar-refractivity contribution is 9.10. The Hall–Kier alpha value is -1.10. The lowest BCUT2D eigenvalue weighted by Crippen LogP contribution is -2.28. The molecule has 0 saturated carbocycles. The fourth-order valence-corrected chi connectivity index (χ4v) is 2.72. The molecule has 20 heavy (non-hydrogen) atoms. The minimum atomic E-state index is -0.0924. The van der Waals surface area contributed by atoms with E-state index in [0.29, 0.717) is 0 Å². The first-order valence-electron chi connectivity index (χ1n) is 6.82. The Balaban J connectivity index is 2.31. The van der Waals surface area contributed by atoms with E-state index in [2.05, 4.69) is 40.3 Å². The summed E-state index contributed by atoms with van der Waals surface area (Å²) in [4.78, 5) is 0. The predicted octanol–water partition coefficient (Wildman–Crippen LogP) is 4.47. The molecule has 0 aliphatic rings. The lowest BCUT2D eigenvalue weighted by Gasteiger charge is -2.26. The van der Waals surface area contributed by atoms with Crippen LogP contribution in [0.25, 0.3) is 0 Å². The number of halogens is 1. The van der Waals surface area contributed by atoms with Gasteiger partial charge in [0.15, 0.2) is 0 Å². The molecule has 1 aromatic carbocycles. The van der Waals surface area contributed by atoms with Gasteiger partial charge in [0.05, 0.1) is 16.8 Å². The van der Waals surface area contributed by atoms with Crippen LogP contribution in [-0.4, -0.2) is 13.7 Å². The Bertz CT molecular complexity index is 512. The van der Waals surface area contributed by atoms with E-state index < -0.39 is 0 Å². The second-order valence-electron chi connectivity index (χ2n) is 4.63. The molecule has 0 saturated heterocycles. The molecule has 2 aromatic rings. The van der Waals surface area contributed by atoms with E-state index in [1.165, 1.54) is 0 Å². The van der Waals surface area contributed by atoms with Gasteiger partial charge in [-0.15, -0.1) is 0 Å². The molecule has 1 N–H and O–H groups in total. The first-order chi connectivity index (χ1) is 9.77. The molecule has 1 heterocycles. The smallest absolute Gasteiger partial charge is 0.137 e. The van der Waals surface area contributed by atoms with Crippen LogP contribution in [0.3, 0.4) is 0 Å². The van der Waals surface area contributed by atoms with E-state index >= 15 is 0 Å². The van der Waals surface area contributed by atoms with Gasteiger partial charge in [0.25, 0.3) is 0 Å². The maximum Gasteiger partial charge on any atom is 0.137 e. The molecule has 0 fully saturated rings. The van der Waals surface area contributed by atoms with Crippen LogP contribution in [0.15, 0.2) is 51.6 Å². The molecule has 108 valence electrons. The number of ether oxygens (including phenoxy) is 1. The first kappa shape index (κ1) is 15.3. The number of nitrogens with one attached hydrogen (secondary N) is 1. The van der Waals surface area contributed by atoms with Gasteiger partial charge in [-0.3, -0.25) is 0 Å². The van der Waals surface area contributed by atoms with Crippen molar-refractivity contribution < 1.29 is 9.15 Å². The van der Waals surface area contributed by atoms with Gasteiger partial charge >= 0.3 is 0 Å². The van der Waals surface area contributed by atoms with E-state index in [0.717, 1.165) is 28.8 Å². The molecule has 0 aliphatic carbocycles. The largest absolute Gasteiger partial charge is 0.466 e. The van der Waals surface area contributed by atoms with Crippen LogP contribution < -0.4 is 5.32 Å². The van der Waals surface area contributed by atoms with E-state index in [9.17, 15) is 0 Å². The fourth-order valence-electron chi connectivity index (χ4n) is 2.27. The van der Waals surface area contributed by atoms with Crippen LogP contribution in [0.5, 0.6) is 0 Å². The van der Waals surface area contributed by atoms with Gasteiger partial charge in [-0.1, -0.05) is 37.3 Å². The third-order valence-corrected chi connectivity index (χ3v) is 3.88. The van der Waals surface area contributed by atoms with Gasteiger partial charge < -0.3 is 14.5 Å². The molecular formula is C16H20BrNO2. The molecule has 0 spiro atoms. The monoisotopic (exact) mass is 337 g/mol. The van der Waals surface area contributed by atoms with Crippen LogP contribution in [0.2, 0.25) is 0 Å². The zero-order chi connectivity index (χ0) is 14.4. The number of benzene rings is 1. The molecule has 2 atom stereocenters. The standard InChI is InChI=1S/C16H20BrNO2/c1-3-10-18-14(16-13(17)9-11-20-16)15(19-2)12-7-5-4-6-8-12/h4-9,11,14-15,18H,3,10H2,1-2H3. The Morgan fingerprint density at radius 3 is 2.55 bits per heavy atom. The topological polar surface area (TPSA) is 34.4 Å². The van der Waals surface area contributed by atoms with Crippen molar-refractivity contribution in [3.8, 4) is 0 Å². The lowest BCUT2D eigenvalue weighted by atomic mass is 10.00. The average molecular weight is 338 g/mol. The lowest BCUT2D eigenvalue weighted by molar-refractivity contribution is 0.0599. The van der Waals surface area contributed by atoms with E-state index in [1.807, 2.05) is 24.3 Å². The summed E-state index contributed by atoms with van der Waals surface area (Å²) in [5.41, 5.74) is 1.13. The average Bonchev–Trinajstić information content (AvgIpc) is 2.90. The van der Waals surface area contributed by atoms with Gasteiger partial charge in [0.2, 0.25) is 0 Å². The van der Waals surface area contributed by atoms with Crippen LogP contribution >= 0.6 is 15.9 Å². The molecule has 2 unspecified atom stereocenters. The molecule has 2 rings (SSSR count). The van der Waals surface area contributed by atoms with Gasteiger partial charge in [-0.05, 0) is 40.5 Å². The fraction of sp³-hybridized carbons (Fsp3) is 0.375. The molecule has 3 nitrogen and oxygen atoms in total. The highest BCUT2D eigenvalue weighted by Gasteiger charge is 2.28. The second kappa shape index (κ2) is 7.62. The third kappa shape index (κ3) is 3.51. The van der Waals surface area contributed by atoms with E-state index in [-0.39, 0.29) is 12.1 Å². The Morgan fingerprint density at radius 2 is 2.00 bits per heavy atom. The normalized spacial score (nSPS) is 14.2. The van der Waals surface area contributed by atoms with Crippen LogP contribution in [0.1, 0.15) is 36.8 Å².